The third-order valence-corrected chi connectivity index (χ3v) is 4.17. The van der Waals surface area contributed by atoms with Crippen LogP contribution >= 0.6 is 0 Å². The van der Waals surface area contributed by atoms with Crippen molar-refractivity contribution in [3.63, 3.8) is 0 Å². The third-order valence-electron chi connectivity index (χ3n) is 4.17. The van der Waals surface area contributed by atoms with Crippen LogP contribution in [-0.4, -0.2) is 13.2 Å². The second kappa shape index (κ2) is 13.6. The molecule has 0 unspecified atom stereocenters. The molecule has 0 spiro atoms. The third kappa shape index (κ3) is 11.9. The van der Waals surface area contributed by atoms with E-state index in [9.17, 15) is 0 Å². The molecule has 0 fully saturated rings. The van der Waals surface area contributed by atoms with Gasteiger partial charge in [-0.1, -0.05) is 99.9 Å². The molecule has 0 aromatic rings. The summed E-state index contributed by atoms with van der Waals surface area (Å²) in [6.45, 7) is 19.0. The molecule has 0 radical (unpaired) electrons. The molecule has 0 aliphatic carbocycles. The number of hydrogen-bond acceptors (Lipinski definition) is 1. The fourth-order valence-corrected chi connectivity index (χ4v) is 2.47. The van der Waals surface area contributed by atoms with Crippen LogP contribution in [0.4, 0.5) is 0 Å². The van der Waals surface area contributed by atoms with Gasteiger partial charge in [-0.15, -0.1) is 0 Å². The molecule has 0 aromatic carbocycles. The van der Waals surface area contributed by atoms with Crippen molar-refractivity contribution in [3.05, 3.63) is 70.9 Å². The highest BCUT2D eigenvalue weighted by molar-refractivity contribution is 5.35. The zero-order chi connectivity index (χ0) is 20.0. The van der Waals surface area contributed by atoms with Crippen molar-refractivity contribution in [1.82, 2.24) is 0 Å². The van der Waals surface area contributed by atoms with Crippen LogP contribution in [0.2, 0.25) is 0 Å². The highest BCUT2D eigenvalue weighted by atomic mass is 16.5. The average Bonchev–Trinajstić information content (AvgIpc) is 2.56. The Morgan fingerprint density at radius 2 is 1.54 bits per heavy atom. The summed E-state index contributed by atoms with van der Waals surface area (Å²) >= 11 is 0. The van der Waals surface area contributed by atoms with Crippen LogP contribution in [0.5, 0.6) is 0 Å². The number of allylic oxidation sites excluding steroid dienone is 10. The lowest BCUT2D eigenvalue weighted by atomic mass is 9.82. The Balaban J connectivity index is 4.71. The lowest BCUT2D eigenvalue weighted by molar-refractivity contribution is 0.193. The summed E-state index contributed by atoms with van der Waals surface area (Å²) in [5, 5.41) is 0. The van der Waals surface area contributed by atoms with E-state index in [-0.39, 0.29) is 5.41 Å². The molecular formula is C25H40O. The van der Waals surface area contributed by atoms with Crippen molar-refractivity contribution >= 4 is 0 Å². The summed E-state index contributed by atoms with van der Waals surface area (Å²) in [7, 11) is 0. The first-order chi connectivity index (χ1) is 12.2. The van der Waals surface area contributed by atoms with Crippen LogP contribution in [0.3, 0.4) is 0 Å². The van der Waals surface area contributed by atoms with Crippen LogP contribution in [0.25, 0.3) is 0 Å². The topological polar surface area (TPSA) is 9.23 Å². The predicted molar refractivity (Wildman–Crippen MR) is 118 cm³/mol. The molecule has 1 heteroatoms. The van der Waals surface area contributed by atoms with Crippen molar-refractivity contribution in [2.75, 3.05) is 13.2 Å². The van der Waals surface area contributed by atoms with E-state index in [1.807, 2.05) is 0 Å². The van der Waals surface area contributed by atoms with Crippen LogP contribution in [0, 0.1) is 5.41 Å². The molecule has 146 valence electrons. The molecule has 0 aliphatic heterocycles. The summed E-state index contributed by atoms with van der Waals surface area (Å²) in [5.74, 6) is 0. The van der Waals surface area contributed by atoms with E-state index in [0.717, 1.165) is 12.8 Å². The number of rotatable bonds is 10. The first kappa shape index (κ1) is 24.4. The van der Waals surface area contributed by atoms with Gasteiger partial charge in [-0.05, 0) is 44.6 Å². The Hall–Kier alpha value is -1.60. The van der Waals surface area contributed by atoms with E-state index in [1.165, 1.54) is 22.3 Å². The molecule has 0 saturated carbocycles. The van der Waals surface area contributed by atoms with E-state index >= 15 is 0 Å². The van der Waals surface area contributed by atoms with Crippen molar-refractivity contribution in [2.24, 2.45) is 5.41 Å². The van der Waals surface area contributed by atoms with Crippen molar-refractivity contribution in [3.8, 4) is 0 Å². The summed E-state index contributed by atoms with van der Waals surface area (Å²) in [6, 6.07) is 0. The minimum Gasteiger partial charge on any atom is -0.373 e. The van der Waals surface area contributed by atoms with Gasteiger partial charge < -0.3 is 4.74 Å². The van der Waals surface area contributed by atoms with Gasteiger partial charge in [0, 0.05) is 0 Å². The molecule has 1 nitrogen and oxygen atoms in total. The molecular weight excluding hydrogens is 316 g/mol. The second-order valence-electron chi connectivity index (χ2n) is 7.77. The van der Waals surface area contributed by atoms with E-state index < -0.39 is 0 Å². The average molecular weight is 357 g/mol. The van der Waals surface area contributed by atoms with E-state index in [1.54, 1.807) is 0 Å². The highest BCUT2D eigenvalue weighted by Crippen LogP contribution is 2.30. The Labute approximate surface area is 162 Å². The zero-order valence-corrected chi connectivity index (χ0v) is 18.4. The quantitative estimate of drug-likeness (QED) is 0.221. The van der Waals surface area contributed by atoms with Crippen molar-refractivity contribution in [2.45, 2.75) is 68.2 Å². The normalized spacial score (nSPS) is 15.5. The molecule has 0 rings (SSSR count). The smallest absolute Gasteiger partial charge is 0.0657 e. The minimum atomic E-state index is 0.179. The molecule has 26 heavy (non-hydrogen) atoms. The maximum absolute atomic E-state index is 5.53. The van der Waals surface area contributed by atoms with Gasteiger partial charge in [-0.3, -0.25) is 0 Å². The van der Waals surface area contributed by atoms with E-state index in [2.05, 4.69) is 104 Å². The van der Waals surface area contributed by atoms with Crippen LogP contribution in [0.15, 0.2) is 70.9 Å². The van der Waals surface area contributed by atoms with Gasteiger partial charge in [0.2, 0.25) is 0 Å². The maximum Gasteiger partial charge on any atom is 0.0657 e. The van der Waals surface area contributed by atoms with Crippen molar-refractivity contribution in [1.29, 1.82) is 0 Å². The zero-order valence-electron chi connectivity index (χ0n) is 18.4. The van der Waals surface area contributed by atoms with E-state index in [0.29, 0.717) is 13.2 Å². The lowest BCUT2D eigenvalue weighted by Crippen LogP contribution is -2.09. The molecule has 0 aromatic heterocycles. The predicted octanol–water partition coefficient (Wildman–Crippen LogP) is 7.75. The summed E-state index contributed by atoms with van der Waals surface area (Å²) < 4.78 is 5.53. The van der Waals surface area contributed by atoms with E-state index in [4.69, 9.17) is 4.74 Å². The van der Waals surface area contributed by atoms with Gasteiger partial charge in [-0.25, -0.2) is 0 Å². The molecule has 0 saturated heterocycles. The van der Waals surface area contributed by atoms with Gasteiger partial charge in [-0.2, -0.15) is 0 Å². The van der Waals surface area contributed by atoms with Gasteiger partial charge in [0.15, 0.2) is 0 Å². The standard InChI is InChI=1S/C25H40O/c1-9-11-12-19-26-20-18-22(4)15-13-14-21(3)16-17-24(23(5)10-2)25(6,7)8/h11-18H,9-10,19-20H2,1-8H3/b12-11+,15-13+,17-16+,21-14+,22-18+,24-23-. The second-order valence-corrected chi connectivity index (χ2v) is 7.77. The van der Waals surface area contributed by atoms with Gasteiger partial charge >= 0.3 is 0 Å². The molecule has 0 aliphatic rings. The van der Waals surface area contributed by atoms with Crippen LogP contribution in [-0.2, 0) is 4.74 Å². The molecule has 0 N–H and O–H groups in total. The molecule has 0 bridgehead atoms. The lowest BCUT2D eigenvalue weighted by Gasteiger charge is -2.23. The fraction of sp³-hybridized carbons (Fsp3) is 0.520. The fourth-order valence-electron chi connectivity index (χ4n) is 2.47. The summed E-state index contributed by atoms with van der Waals surface area (Å²) in [4.78, 5) is 0. The Bertz CT molecular complexity index is 572. The largest absolute Gasteiger partial charge is 0.373 e. The van der Waals surface area contributed by atoms with Gasteiger partial charge in [0.05, 0.1) is 13.2 Å². The Morgan fingerprint density at radius 1 is 0.846 bits per heavy atom. The minimum absolute atomic E-state index is 0.179. The van der Waals surface area contributed by atoms with Gasteiger partial charge in [0.1, 0.15) is 0 Å². The molecule has 0 atom stereocenters. The summed E-state index contributed by atoms with van der Waals surface area (Å²) in [6.07, 6.45) is 19.3. The first-order valence-electron chi connectivity index (χ1n) is 9.85. The maximum atomic E-state index is 5.53. The monoisotopic (exact) mass is 356 g/mol. The highest BCUT2D eigenvalue weighted by Gasteiger charge is 2.16. The van der Waals surface area contributed by atoms with Crippen LogP contribution < -0.4 is 0 Å². The molecule has 0 heterocycles. The Morgan fingerprint density at radius 3 is 2.12 bits per heavy atom. The molecule has 0 amide bonds. The number of hydrogen-bond donors (Lipinski definition) is 0. The van der Waals surface area contributed by atoms with Crippen LogP contribution in [0.1, 0.15) is 68.2 Å². The van der Waals surface area contributed by atoms with Gasteiger partial charge in [0.25, 0.3) is 0 Å². The van der Waals surface area contributed by atoms with Crippen molar-refractivity contribution < 1.29 is 4.74 Å². The SMILES string of the molecule is CC/C=C/COC/C=C(C)/C=C/C=C(C)/C=C/C(=C(\C)CC)C(C)(C)C. The summed E-state index contributed by atoms with van der Waals surface area (Å²) in [5.41, 5.74) is 5.54. The Kier molecular flexibility index (Phi) is 12.7. The first-order valence-corrected chi connectivity index (χ1v) is 9.85. The number of ether oxygens (including phenoxy) is 1.